The van der Waals surface area contributed by atoms with Crippen LogP contribution in [0.5, 0.6) is 0 Å². The van der Waals surface area contributed by atoms with Gasteiger partial charge in [0.15, 0.2) is 5.78 Å². The van der Waals surface area contributed by atoms with Gasteiger partial charge < -0.3 is 5.32 Å². The van der Waals surface area contributed by atoms with E-state index < -0.39 is 17.7 Å². The van der Waals surface area contributed by atoms with Gasteiger partial charge in [-0.1, -0.05) is 48.5 Å². The number of rotatable bonds is 3. The number of ketones is 1. The third-order valence-electron chi connectivity index (χ3n) is 6.14. The summed E-state index contributed by atoms with van der Waals surface area (Å²) in [5, 5.41) is 2.80. The number of carbonyl (C=O) groups excluding carboxylic acids is 4. The van der Waals surface area contributed by atoms with Crippen LogP contribution in [0.4, 0.5) is 11.4 Å². The number of imide groups is 1. The molecule has 4 aromatic carbocycles. The van der Waals surface area contributed by atoms with E-state index in [4.69, 9.17) is 0 Å². The Kier molecular flexibility index (Phi) is 4.28. The molecular weight excluding hydrogens is 428 g/mol. The molecule has 1 N–H and O–H groups in total. The van der Waals surface area contributed by atoms with Gasteiger partial charge in [0.2, 0.25) is 0 Å². The maximum atomic E-state index is 13.0. The zero-order valence-corrected chi connectivity index (χ0v) is 17.7. The van der Waals surface area contributed by atoms with Crippen LogP contribution < -0.4 is 10.2 Å². The van der Waals surface area contributed by atoms with E-state index >= 15 is 0 Å². The van der Waals surface area contributed by atoms with Gasteiger partial charge >= 0.3 is 0 Å². The highest BCUT2D eigenvalue weighted by Crippen LogP contribution is 2.37. The topological polar surface area (TPSA) is 83.6 Å². The maximum Gasteiger partial charge on any atom is 0.266 e. The van der Waals surface area contributed by atoms with Crippen molar-refractivity contribution in [1.82, 2.24) is 0 Å². The fraction of sp³-hybridized carbons (Fsp3) is 0. The van der Waals surface area contributed by atoms with Crippen molar-refractivity contribution in [1.29, 1.82) is 0 Å². The second-order valence-corrected chi connectivity index (χ2v) is 8.13. The van der Waals surface area contributed by atoms with Gasteiger partial charge in [-0.25, -0.2) is 4.90 Å². The third-order valence-corrected chi connectivity index (χ3v) is 6.14. The highest BCUT2D eigenvalue weighted by Gasteiger charge is 2.36. The van der Waals surface area contributed by atoms with Crippen molar-refractivity contribution < 1.29 is 19.2 Å². The lowest BCUT2D eigenvalue weighted by Crippen LogP contribution is -2.29. The molecule has 34 heavy (non-hydrogen) atoms. The standard InChI is InChI=1S/C28H16N2O4/c31-25-21-9-2-1-8-19(21)20-13-12-16(14-24(20)25)26(32)29-17-6-5-7-18(15-17)30-27(33)22-10-3-4-11-23(22)28(30)34/h1-15H,(H,29,32). The summed E-state index contributed by atoms with van der Waals surface area (Å²) >= 11 is 0. The van der Waals surface area contributed by atoms with Crippen molar-refractivity contribution in [3.05, 3.63) is 119 Å². The summed E-state index contributed by atoms with van der Waals surface area (Å²) in [7, 11) is 0. The number of carbonyl (C=O) groups is 4. The Morgan fingerprint density at radius 2 is 1.21 bits per heavy atom. The number of hydrogen-bond acceptors (Lipinski definition) is 4. The summed E-state index contributed by atoms with van der Waals surface area (Å²) in [5.74, 6) is -1.31. The maximum absolute atomic E-state index is 13.0. The van der Waals surface area contributed by atoms with Gasteiger partial charge in [-0.05, 0) is 53.6 Å². The van der Waals surface area contributed by atoms with Crippen molar-refractivity contribution >= 4 is 34.9 Å². The Morgan fingerprint density at radius 1 is 0.588 bits per heavy atom. The van der Waals surface area contributed by atoms with Crippen LogP contribution in [0.3, 0.4) is 0 Å². The van der Waals surface area contributed by atoms with Gasteiger partial charge in [0.05, 0.1) is 16.8 Å². The number of hydrogen-bond donors (Lipinski definition) is 1. The van der Waals surface area contributed by atoms with E-state index in [9.17, 15) is 19.2 Å². The normalized spacial score (nSPS) is 13.5. The van der Waals surface area contributed by atoms with Crippen molar-refractivity contribution in [3.63, 3.8) is 0 Å². The van der Waals surface area contributed by atoms with Gasteiger partial charge in [0.1, 0.15) is 0 Å². The molecule has 0 aromatic heterocycles. The lowest BCUT2D eigenvalue weighted by Gasteiger charge is -2.15. The molecule has 2 aliphatic rings. The number of benzene rings is 4. The van der Waals surface area contributed by atoms with Gasteiger partial charge in [-0.15, -0.1) is 0 Å². The van der Waals surface area contributed by atoms with Crippen LogP contribution >= 0.6 is 0 Å². The summed E-state index contributed by atoms with van der Waals surface area (Å²) in [5.41, 5.74) is 4.63. The molecule has 0 saturated carbocycles. The molecule has 6 heteroatoms. The first-order chi connectivity index (χ1) is 16.5. The van der Waals surface area contributed by atoms with Crippen molar-refractivity contribution in [2.75, 3.05) is 10.2 Å². The lowest BCUT2D eigenvalue weighted by atomic mass is 10.0. The summed E-state index contributed by atoms with van der Waals surface area (Å²) in [4.78, 5) is 52.4. The predicted octanol–water partition coefficient (Wildman–Crippen LogP) is 4.95. The Labute approximate surface area is 194 Å². The first-order valence-corrected chi connectivity index (χ1v) is 10.7. The van der Waals surface area contributed by atoms with Crippen LogP contribution in [0.25, 0.3) is 11.1 Å². The molecule has 3 amide bonds. The molecule has 162 valence electrons. The summed E-state index contributed by atoms with van der Waals surface area (Å²) in [6, 6.07) is 25.6. The molecule has 6 rings (SSSR count). The molecule has 0 unspecified atom stereocenters. The Morgan fingerprint density at radius 3 is 1.91 bits per heavy atom. The number of anilines is 2. The van der Waals surface area contributed by atoms with E-state index in [0.29, 0.717) is 39.2 Å². The Hall–Kier alpha value is -4.84. The smallest absolute Gasteiger partial charge is 0.266 e. The molecule has 1 aliphatic heterocycles. The van der Waals surface area contributed by atoms with Gasteiger partial charge in [-0.3, -0.25) is 19.2 Å². The molecular formula is C28H16N2O4. The van der Waals surface area contributed by atoms with Gasteiger partial charge in [0.25, 0.3) is 17.7 Å². The SMILES string of the molecule is O=C(Nc1cccc(N2C(=O)c3ccccc3C2=O)c1)c1ccc2c(c1)C(=O)c1ccccc1-2. The molecule has 0 fully saturated rings. The molecule has 0 saturated heterocycles. The molecule has 1 aliphatic carbocycles. The number of nitrogens with zero attached hydrogens (tertiary/aromatic N) is 1. The van der Waals surface area contributed by atoms with Crippen LogP contribution in [0.15, 0.2) is 91.0 Å². The predicted molar refractivity (Wildman–Crippen MR) is 127 cm³/mol. The van der Waals surface area contributed by atoms with Crippen molar-refractivity contribution in [2.45, 2.75) is 0 Å². The molecule has 0 bridgehead atoms. The number of nitrogens with one attached hydrogen (secondary N) is 1. The first-order valence-electron chi connectivity index (χ1n) is 10.7. The number of fused-ring (bicyclic) bond motifs is 4. The van der Waals surface area contributed by atoms with E-state index in [1.165, 1.54) is 0 Å². The lowest BCUT2D eigenvalue weighted by molar-refractivity contribution is 0.0924. The summed E-state index contributed by atoms with van der Waals surface area (Å²) < 4.78 is 0. The average Bonchev–Trinajstić information content (AvgIpc) is 3.30. The quantitative estimate of drug-likeness (QED) is 0.399. The molecule has 4 aromatic rings. The van der Waals surface area contributed by atoms with Crippen LogP contribution in [-0.2, 0) is 0 Å². The zero-order chi connectivity index (χ0) is 23.4. The first kappa shape index (κ1) is 19.8. The highest BCUT2D eigenvalue weighted by atomic mass is 16.2. The van der Waals surface area contributed by atoms with Crippen LogP contribution in [0, 0.1) is 0 Å². The van der Waals surface area contributed by atoms with E-state index in [0.717, 1.165) is 16.0 Å². The molecule has 0 radical (unpaired) electrons. The summed E-state index contributed by atoms with van der Waals surface area (Å²) in [6.07, 6.45) is 0. The highest BCUT2D eigenvalue weighted by molar-refractivity contribution is 6.34. The van der Waals surface area contributed by atoms with E-state index in [1.54, 1.807) is 72.8 Å². The van der Waals surface area contributed by atoms with Crippen molar-refractivity contribution in [2.24, 2.45) is 0 Å². The fourth-order valence-electron chi connectivity index (χ4n) is 4.52. The molecule has 0 atom stereocenters. The van der Waals surface area contributed by atoms with E-state index in [-0.39, 0.29) is 5.78 Å². The minimum atomic E-state index is -0.402. The molecule has 1 heterocycles. The molecule has 6 nitrogen and oxygen atoms in total. The zero-order valence-electron chi connectivity index (χ0n) is 17.7. The van der Waals surface area contributed by atoms with Crippen LogP contribution in [-0.4, -0.2) is 23.5 Å². The molecule has 0 spiro atoms. The third kappa shape index (κ3) is 2.89. The Bertz CT molecular complexity index is 1540. The second kappa shape index (κ2) is 7.35. The van der Waals surface area contributed by atoms with E-state index in [1.807, 2.05) is 18.2 Å². The largest absolute Gasteiger partial charge is 0.322 e. The summed E-state index contributed by atoms with van der Waals surface area (Å²) in [6.45, 7) is 0. The van der Waals surface area contributed by atoms with Crippen LogP contribution in [0.1, 0.15) is 47.0 Å². The Balaban J connectivity index is 1.27. The minimum absolute atomic E-state index is 0.104. The fourth-order valence-corrected chi connectivity index (χ4v) is 4.52. The van der Waals surface area contributed by atoms with Crippen LogP contribution in [0.2, 0.25) is 0 Å². The van der Waals surface area contributed by atoms with Gasteiger partial charge in [0, 0.05) is 22.4 Å². The minimum Gasteiger partial charge on any atom is -0.322 e. The monoisotopic (exact) mass is 444 g/mol. The second-order valence-electron chi connectivity index (χ2n) is 8.13. The van der Waals surface area contributed by atoms with Crippen molar-refractivity contribution in [3.8, 4) is 11.1 Å². The van der Waals surface area contributed by atoms with Gasteiger partial charge in [-0.2, -0.15) is 0 Å². The average molecular weight is 444 g/mol. The number of amides is 3. The van der Waals surface area contributed by atoms with E-state index in [2.05, 4.69) is 5.32 Å².